The van der Waals surface area contributed by atoms with Crippen LogP contribution in [0.15, 0.2) is 27.8 Å². The monoisotopic (exact) mass is 641 g/mol. The fourth-order valence-corrected chi connectivity index (χ4v) is 9.14. The molecule has 2 fully saturated rings. The van der Waals surface area contributed by atoms with E-state index in [-0.39, 0.29) is 35.7 Å². The average Bonchev–Trinajstić information content (AvgIpc) is 3.26. The third kappa shape index (κ3) is 4.84. The van der Waals surface area contributed by atoms with Crippen molar-refractivity contribution in [1.82, 2.24) is 5.16 Å². The lowest BCUT2D eigenvalue weighted by atomic mass is 9.59. The lowest BCUT2D eigenvalue weighted by molar-refractivity contribution is -0.191. The molecular weight excluding hydrogens is 590 g/mol. The van der Waals surface area contributed by atoms with Crippen LogP contribution in [0.4, 0.5) is 0 Å². The van der Waals surface area contributed by atoms with Crippen LogP contribution in [-0.4, -0.2) is 68.2 Å². The summed E-state index contributed by atoms with van der Waals surface area (Å²) in [4.78, 5) is 41.5. The van der Waals surface area contributed by atoms with Crippen LogP contribution in [0, 0.1) is 28.6 Å². The Labute approximate surface area is 271 Å². The van der Waals surface area contributed by atoms with Gasteiger partial charge in [0.25, 0.3) is 0 Å². The highest BCUT2D eigenvalue weighted by molar-refractivity contribution is 5.96. The first-order valence-corrected chi connectivity index (χ1v) is 17.1. The molecular formula is C36H51NO9. The van der Waals surface area contributed by atoms with E-state index in [1.54, 1.807) is 19.1 Å². The number of aromatic nitrogens is 1. The summed E-state index contributed by atoms with van der Waals surface area (Å²) in [7, 11) is 0. The summed E-state index contributed by atoms with van der Waals surface area (Å²) in [5.41, 5.74) is -4.40. The number of Topliss-reactive ketones (excluding diaryl/α,β-unsaturated/α-hetero) is 1. The Bertz CT molecular complexity index is 1420. The lowest BCUT2D eigenvalue weighted by Crippen LogP contribution is -2.65. The standard InChI is InChI=1S/C36H51NO9/c1-8-11-12-13-14-15-26(38)45-35-18-21(5)34-17-20(4)29(39)36(34,43)30(40)22(16-23(31(34)41)28(35)33(35,6)7)19-44-32(42)27-24(9-2)37-46-25(27)10-3/h16-17,21,23,28-30,39-40,43H,8-15,18-19H2,1-7H3/t21-,23?,28-,29?,30?,34?,35+,36?/m1/s1. The Morgan fingerprint density at radius 2 is 1.76 bits per heavy atom. The summed E-state index contributed by atoms with van der Waals surface area (Å²) in [5, 5.41) is 39.8. The summed E-state index contributed by atoms with van der Waals surface area (Å²) in [5.74, 6) is -2.88. The van der Waals surface area contributed by atoms with Crippen LogP contribution >= 0.6 is 0 Å². The van der Waals surface area contributed by atoms with Gasteiger partial charge >= 0.3 is 11.9 Å². The Morgan fingerprint density at radius 1 is 1.07 bits per heavy atom. The van der Waals surface area contributed by atoms with Crippen LogP contribution in [-0.2, 0) is 31.9 Å². The zero-order valence-corrected chi connectivity index (χ0v) is 28.4. The Kier molecular flexibility index (Phi) is 9.25. The van der Waals surface area contributed by atoms with E-state index in [2.05, 4.69) is 12.1 Å². The highest BCUT2D eigenvalue weighted by atomic mass is 16.6. The number of nitrogens with zero attached hydrogens (tertiary/aromatic N) is 1. The molecule has 2 saturated carbocycles. The number of carbonyl (C=O) groups is 3. The molecule has 1 aromatic rings. The number of esters is 2. The highest BCUT2D eigenvalue weighted by Gasteiger charge is 2.83. The number of aliphatic hydroxyl groups is 3. The van der Waals surface area contributed by atoms with E-state index in [0.29, 0.717) is 29.9 Å². The number of ketones is 1. The SMILES string of the molecule is CCCCCCCC(=O)O[C@@]12C[C@@H](C)C34C=C(C)C(O)C3(O)C(O)C(COC(=O)c3c(CC)noc3CC)=CC(C4=O)[C@@H]1C2(C)C. The zero-order chi connectivity index (χ0) is 33.8. The van der Waals surface area contributed by atoms with Crippen molar-refractivity contribution in [2.24, 2.45) is 28.6 Å². The normalized spacial score (nSPS) is 35.7. The molecule has 254 valence electrons. The van der Waals surface area contributed by atoms with Gasteiger partial charge < -0.3 is 29.3 Å². The fraction of sp³-hybridized carbons (Fsp3) is 0.722. The van der Waals surface area contributed by atoms with Gasteiger partial charge in [-0.05, 0) is 43.3 Å². The summed E-state index contributed by atoms with van der Waals surface area (Å²) >= 11 is 0. The molecule has 1 spiro atoms. The molecule has 5 unspecified atom stereocenters. The van der Waals surface area contributed by atoms with Crippen molar-refractivity contribution < 1.29 is 43.7 Å². The minimum absolute atomic E-state index is 0.110. The van der Waals surface area contributed by atoms with Crippen molar-refractivity contribution in [3.05, 3.63) is 40.3 Å². The quantitative estimate of drug-likeness (QED) is 0.164. The Balaban J connectivity index is 1.52. The second kappa shape index (κ2) is 12.3. The van der Waals surface area contributed by atoms with E-state index in [0.717, 1.165) is 32.1 Å². The average molecular weight is 642 g/mol. The van der Waals surface area contributed by atoms with Gasteiger partial charge in [0.2, 0.25) is 0 Å². The van der Waals surface area contributed by atoms with Gasteiger partial charge in [0.15, 0.2) is 11.5 Å². The molecule has 46 heavy (non-hydrogen) atoms. The topological polar surface area (TPSA) is 156 Å². The van der Waals surface area contributed by atoms with Crippen molar-refractivity contribution in [1.29, 1.82) is 0 Å². The number of carbonyl (C=O) groups excluding carboxylic acids is 3. The maximum absolute atomic E-state index is 14.8. The van der Waals surface area contributed by atoms with Crippen molar-refractivity contribution in [2.45, 2.75) is 130 Å². The molecule has 1 aromatic heterocycles. The predicted molar refractivity (Wildman–Crippen MR) is 169 cm³/mol. The molecule has 10 heteroatoms. The molecule has 0 saturated heterocycles. The molecule has 4 aliphatic carbocycles. The molecule has 0 radical (unpaired) electrons. The molecule has 8 atom stereocenters. The molecule has 1 heterocycles. The largest absolute Gasteiger partial charge is 0.458 e. The van der Waals surface area contributed by atoms with Gasteiger partial charge in [-0.1, -0.05) is 84.5 Å². The van der Waals surface area contributed by atoms with Crippen molar-refractivity contribution in [3.63, 3.8) is 0 Å². The van der Waals surface area contributed by atoms with Gasteiger partial charge in [-0.3, -0.25) is 9.59 Å². The third-order valence-corrected chi connectivity index (χ3v) is 11.7. The summed E-state index contributed by atoms with van der Waals surface area (Å²) in [6.07, 6.45) is 6.32. The summed E-state index contributed by atoms with van der Waals surface area (Å²) < 4.78 is 17.4. The predicted octanol–water partition coefficient (Wildman–Crippen LogP) is 4.82. The number of hydrogen-bond acceptors (Lipinski definition) is 10. The number of unbranched alkanes of at least 4 members (excludes halogenated alkanes) is 4. The maximum atomic E-state index is 14.8. The second-order valence-electron chi connectivity index (χ2n) is 14.6. The van der Waals surface area contributed by atoms with Crippen LogP contribution in [0.5, 0.6) is 0 Å². The second-order valence-corrected chi connectivity index (χ2v) is 14.6. The first-order valence-electron chi connectivity index (χ1n) is 17.1. The van der Waals surface area contributed by atoms with E-state index in [1.165, 1.54) is 0 Å². The number of allylic oxidation sites excluding steroid dienone is 1. The molecule has 5 rings (SSSR count). The van der Waals surface area contributed by atoms with Gasteiger partial charge in [0, 0.05) is 30.1 Å². The van der Waals surface area contributed by atoms with Crippen LogP contribution in [0.25, 0.3) is 0 Å². The van der Waals surface area contributed by atoms with Crippen LogP contribution < -0.4 is 0 Å². The Hall–Kier alpha value is -2.82. The van der Waals surface area contributed by atoms with Gasteiger partial charge in [-0.2, -0.15) is 0 Å². The van der Waals surface area contributed by atoms with Gasteiger partial charge in [0.05, 0.1) is 11.1 Å². The van der Waals surface area contributed by atoms with Gasteiger partial charge in [-0.25, -0.2) is 4.79 Å². The number of aliphatic hydroxyl groups excluding tert-OH is 2. The molecule has 3 N–H and O–H groups in total. The van der Waals surface area contributed by atoms with Crippen molar-refractivity contribution >= 4 is 17.7 Å². The highest BCUT2D eigenvalue weighted by Crippen LogP contribution is 2.75. The lowest BCUT2D eigenvalue weighted by Gasteiger charge is -2.48. The molecule has 4 aliphatic rings. The number of fused-ring (bicyclic) bond motifs is 3. The number of aryl methyl sites for hydroxylation is 2. The smallest absolute Gasteiger partial charge is 0.344 e. The van der Waals surface area contributed by atoms with Crippen molar-refractivity contribution in [2.75, 3.05) is 6.61 Å². The van der Waals surface area contributed by atoms with Crippen LogP contribution in [0.2, 0.25) is 0 Å². The van der Waals surface area contributed by atoms with Crippen molar-refractivity contribution in [3.8, 4) is 0 Å². The molecule has 10 nitrogen and oxygen atoms in total. The first kappa shape index (κ1) is 34.5. The molecule has 0 aliphatic heterocycles. The minimum Gasteiger partial charge on any atom is -0.458 e. The van der Waals surface area contributed by atoms with Gasteiger partial charge in [0.1, 0.15) is 35.6 Å². The molecule has 2 bridgehead atoms. The first-order chi connectivity index (χ1) is 21.7. The van der Waals surface area contributed by atoms with E-state index in [9.17, 15) is 29.7 Å². The van der Waals surface area contributed by atoms with Crippen LogP contribution in [0.3, 0.4) is 0 Å². The Morgan fingerprint density at radius 3 is 2.41 bits per heavy atom. The van der Waals surface area contributed by atoms with E-state index >= 15 is 0 Å². The fourth-order valence-electron chi connectivity index (χ4n) is 9.14. The zero-order valence-electron chi connectivity index (χ0n) is 28.4. The summed E-state index contributed by atoms with van der Waals surface area (Å²) in [6.45, 7) is 12.8. The number of hydrogen-bond donors (Lipinski definition) is 3. The third-order valence-electron chi connectivity index (χ3n) is 11.7. The van der Waals surface area contributed by atoms with E-state index in [4.69, 9.17) is 14.0 Å². The minimum atomic E-state index is -2.33. The number of rotatable bonds is 12. The van der Waals surface area contributed by atoms with Gasteiger partial charge in [-0.15, -0.1) is 0 Å². The molecule has 0 aromatic carbocycles. The maximum Gasteiger partial charge on any atom is 0.344 e. The van der Waals surface area contributed by atoms with Crippen LogP contribution in [0.1, 0.15) is 115 Å². The molecule has 0 amide bonds. The van der Waals surface area contributed by atoms with E-state index < -0.39 is 64.6 Å². The number of ether oxygens (including phenoxy) is 2. The van der Waals surface area contributed by atoms with E-state index in [1.807, 2.05) is 34.6 Å². The summed E-state index contributed by atoms with van der Waals surface area (Å²) in [6, 6.07) is 0.